The van der Waals surface area contributed by atoms with E-state index in [0.29, 0.717) is 12.4 Å². The van der Waals surface area contributed by atoms with Crippen LogP contribution in [0.1, 0.15) is 38.3 Å². The third-order valence-corrected chi connectivity index (χ3v) is 5.38. The summed E-state index contributed by atoms with van der Waals surface area (Å²) in [7, 11) is 0. The molecule has 172 valence electrons. The fourth-order valence-corrected chi connectivity index (χ4v) is 3.84. The van der Waals surface area contributed by atoms with Crippen LogP contribution in [-0.4, -0.2) is 40.5 Å². The SMILES string of the molecule is CC(C)(C)OC(=O)N1[C@@H](C2=NCc3ccccc3N2)C=C[C@H]1CC(=O)OCc1ccccc1. The number of para-hydroxylation sites is 1. The zero-order chi connectivity index (χ0) is 23.4. The zero-order valence-corrected chi connectivity index (χ0v) is 19.2. The number of hydrogen-bond acceptors (Lipinski definition) is 6. The topological polar surface area (TPSA) is 80.2 Å². The number of aliphatic imine (C=N–C) groups is 1. The van der Waals surface area contributed by atoms with Crippen molar-refractivity contribution in [1.29, 1.82) is 0 Å². The first-order valence-corrected chi connectivity index (χ1v) is 11.1. The van der Waals surface area contributed by atoms with E-state index in [9.17, 15) is 9.59 Å². The number of nitrogens with zero attached hydrogens (tertiary/aromatic N) is 2. The summed E-state index contributed by atoms with van der Waals surface area (Å²) in [5.41, 5.74) is 2.30. The molecule has 1 amide bonds. The van der Waals surface area contributed by atoms with E-state index in [-0.39, 0.29) is 19.0 Å². The number of amides is 1. The van der Waals surface area contributed by atoms with Crippen LogP contribution in [0.5, 0.6) is 0 Å². The lowest BCUT2D eigenvalue weighted by Crippen LogP contribution is -2.50. The summed E-state index contributed by atoms with van der Waals surface area (Å²) < 4.78 is 11.1. The van der Waals surface area contributed by atoms with E-state index in [1.165, 1.54) is 0 Å². The average Bonchev–Trinajstić information content (AvgIpc) is 3.20. The number of benzene rings is 2. The molecular weight excluding hydrogens is 418 g/mol. The smallest absolute Gasteiger partial charge is 0.411 e. The van der Waals surface area contributed by atoms with Crippen LogP contribution in [0.15, 0.2) is 71.7 Å². The molecule has 0 unspecified atom stereocenters. The van der Waals surface area contributed by atoms with Crippen molar-refractivity contribution in [3.05, 3.63) is 77.9 Å². The quantitative estimate of drug-likeness (QED) is 0.531. The molecule has 7 nitrogen and oxygen atoms in total. The molecule has 0 saturated heterocycles. The fraction of sp³-hybridized carbons (Fsp3) is 0.346. The van der Waals surface area contributed by atoms with Gasteiger partial charge in [0.2, 0.25) is 0 Å². The molecule has 2 aromatic rings. The van der Waals surface area contributed by atoms with E-state index < -0.39 is 23.8 Å². The van der Waals surface area contributed by atoms with E-state index in [2.05, 4.69) is 10.3 Å². The normalized spacial score (nSPS) is 19.4. The Morgan fingerprint density at radius 1 is 1.06 bits per heavy atom. The van der Waals surface area contributed by atoms with Gasteiger partial charge in [-0.05, 0) is 38.0 Å². The highest BCUT2D eigenvalue weighted by atomic mass is 16.6. The van der Waals surface area contributed by atoms with Crippen LogP contribution in [0.25, 0.3) is 0 Å². The van der Waals surface area contributed by atoms with Gasteiger partial charge in [-0.1, -0.05) is 60.7 Å². The number of nitrogens with one attached hydrogen (secondary N) is 1. The molecule has 0 aromatic heterocycles. The lowest BCUT2D eigenvalue weighted by molar-refractivity contribution is -0.145. The third-order valence-electron chi connectivity index (χ3n) is 5.38. The summed E-state index contributed by atoms with van der Waals surface area (Å²) in [6.07, 6.45) is 3.27. The molecule has 7 heteroatoms. The summed E-state index contributed by atoms with van der Waals surface area (Å²) in [6, 6.07) is 16.5. The van der Waals surface area contributed by atoms with Crippen LogP contribution >= 0.6 is 0 Å². The first-order valence-electron chi connectivity index (χ1n) is 11.1. The Kier molecular flexibility index (Phi) is 6.49. The first kappa shape index (κ1) is 22.6. The van der Waals surface area contributed by atoms with Gasteiger partial charge in [0.1, 0.15) is 24.1 Å². The molecule has 0 spiro atoms. The van der Waals surface area contributed by atoms with E-state index in [1.54, 1.807) is 4.90 Å². The van der Waals surface area contributed by atoms with Gasteiger partial charge >= 0.3 is 12.1 Å². The molecule has 0 saturated carbocycles. The van der Waals surface area contributed by atoms with Crippen molar-refractivity contribution in [2.75, 3.05) is 5.32 Å². The lowest BCUT2D eigenvalue weighted by Gasteiger charge is -2.34. The van der Waals surface area contributed by atoms with Crippen LogP contribution in [0.2, 0.25) is 0 Å². The predicted octanol–water partition coefficient (Wildman–Crippen LogP) is 4.69. The van der Waals surface area contributed by atoms with E-state index in [4.69, 9.17) is 9.47 Å². The second-order valence-corrected chi connectivity index (χ2v) is 9.12. The molecule has 2 atom stereocenters. The molecule has 2 aliphatic heterocycles. The standard InChI is InChI=1S/C26H29N3O4/c1-26(2,3)33-25(31)29-20(15-23(30)32-17-18-9-5-4-6-10-18)13-14-22(29)24-27-16-19-11-7-8-12-21(19)28-24/h4-14,20,22H,15-17H2,1-3H3,(H,27,28)/t20-,22+/m0/s1. The molecule has 4 rings (SSSR count). The fourth-order valence-electron chi connectivity index (χ4n) is 3.84. The maximum atomic E-state index is 13.2. The number of esters is 1. The number of carbonyl (C=O) groups excluding carboxylic acids is 2. The van der Waals surface area contributed by atoms with Gasteiger partial charge in [-0.25, -0.2) is 4.79 Å². The number of rotatable bonds is 5. The van der Waals surface area contributed by atoms with Crippen molar-refractivity contribution < 1.29 is 19.1 Å². The van der Waals surface area contributed by atoms with Gasteiger partial charge in [-0.3, -0.25) is 14.7 Å². The first-order chi connectivity index (χ1) is 15.8. The predicted molar refractivity (Wildman–Crippen MR) is 127 cm³/mol. The Bertz CT molecular complexity index is 1070. The molecule has 2 aromatic carbocycles. The Labute approximate surface area is 194 Å². The second kappa shape index (κ2) is 9.48. The summed E-state index contributed by atoms with van der Waals surface area (Å²) in [4.78, 5) is 32.0. The maximum absolute atomic E-state index is 13.2. The maximum Gasteiger partial charge on any atom is 0.411 e. The van der Waals surface area contributed by atoms with Crippen molar-refractivity contribution >= 4 is 23.6 Å². The second-order valence-electron chi connectivity index (χ2n) is 9.12. The number of carbonyl (C=O) groups is 2. The van der Waals surface area contributed by atoms with E-state index in [0.717, 1.165) is 16.8 Å². The molecule has 0 bridgehead atoms. The number of ether oxygens (including phenoxy) is 2. The largest absolute Gasteiger partial charge is 0.461 e. The highest BCUT2D eigenvalue weighted by Crippen LogP contribution is 2.28. The van der Waals surface area contributed by atoms with Gasteiger partial charge in [-0.15, -0.1) is 0 Å². The third kappa shape index (κ3) is 5.61. The average molecular weight is 448 g/mol. The molecule has 0 aliphatic carbocycles. The molecule has 2 aliphatic rings. The number of fused-ring (bicyclic) bond motifs is 1. The Balaban J connectivity index is 1.48. The molecule has 33 heavy (non-hydrogen) atoms. The van der Waals surface area contributed by atoms with Gasteiger partial charge in [0.15, 0.2) is 0 Å². The van der Waals surface area contributed by atoms with Gasteiger partial charge < -0.3 is 14.8 Å². The van der Waals surface area contributed by atoms with Crippen LogP contribution in [0, 0.1) is 0 Å². The van der Waals surface area contributed by atoms with Crippen molar-refractivity contribution in [2.24, 2.45) is 4.99 Å². The van der Waals surface area contributed by atoms with Gasteiger partial charge in [0.25, 0.3) is 0 Å². The molecule has 0 radical (unpaired) electrons. The van der Waals surface area contributed by atoms with Crippen molar-refractivity contribution in [1.82, 2.24) is 4.90 Å². The summed E-state index contributed by atoms with van der Waals surface area (Å²) in [5.74, 6) is 0.266. The Hall–Kier alpha value is -3.61. The van der Waals surface area contributed by atoms with Crippen molar-refractivity contribution in [3.63, 3.8) is 0 Å². The minimum absolute atomic E-state index is 0.0307. The summed E-state index contributed by atoms with van der Waals surface area (Å²) >= 11 is 0. The van der Waals surface area contributed by atoms with Crippen molar-refractivity contribution in [2.45, 2.75) is 58.0 Å². The lowest BCUT2D eigenvalue weighted by atomic mass is 10.1. The number of amidine groups is 1. The van der Waals surface area contributed by atoms with E-state index in [1.807, 2.05) is 87.5 Å². The van der Waals surface area contributed by atoms with Gasteiger partial charge in [0, 0.05) is 5.69 Å². The monoisotopic (exact) mass is 447 g/mol. The molecule has 2 heterocycles. The number of anilines is 1. The van der Waals surface area contributed by atoms with Gasteiger partial charge in [-0.2, -0.15) is 0 Å². The summed E-state index contributed by atoms with van der Waals surface area (Å²) in [6.45, 7) is 6.17. The molecule has 1 N–H and O–H groups in total. The Morgan fingerprint density at radius 3 is 2.55 bits per heavy atom. The van der Waals surface area contributed by atoms with Crippen LogP contribution in [0.3, 0.4) is 0 Å². The molecule has 0 fully saturated rings. The Morgan fingerprint density at radius 2 is 1.79 bits per heavy atom. The van der Waals surface area contributed by atoms with Crippen LogP contribution in [0.4, 0.5) is 10.5 Å². The highest BCUT2D eigenvalue weighted by Gasteiger charge is 2.40. The number of hydrogen-bond donors (Lipinski definition) is 1. The van der Waals surface area contributed by atoms with Crippen LogP contribution in [-0.2, 0) is 27.4 Å². The van der Waals surface area contributed by atoms with Gasteiger partial charge in [0.05, 0.1) is 19.0 Å². The summed E-state index contributed by atoms with van der Waals surface area (Å²) in [5, 5.41) is 3.34. The minimum Gasteiger partial charge on any atom is -0.461 e. The highest BCUT2D eigenvalue weighted by molar-refractivity contribution is 6.04. The molecular formula is C26H29N3O4. The zero-order valence-electron chi connectivity index (χ0n) is 19.2. The van der Waals surface area contributed by atoms with Crippen LogP contribution < -0.4 is 5.32 Å². The van der Waals surface area contributed by atoms with Crippen molar-refractivity contribution in [3.8, 4) is 0 Å². The van der Waals surface area contributed by atoms with E-state index >= 15 is 0 Å². The minimum atomic E-state index is -0.670.